The van der Waals surface area contributed by atoms with E-state index in [9.17, 15) is 5.11 Å². The minimum atomic E-state index is 0.0457. The van der Waals surface area contributed by atoms with Crippen LogP contribution in [0.2, 0.25) is 0 Å². The second-order valence-corrected chi connectivity index (χ2v) is 2.51. The molecule has 4 nitrogen and oxygen atoms in total. The molecule has 72 valence electrons. The molecule has 0 aliphatic carbocycles. The first-order valence-corrected chi connectivity index (χ1v) is 3.87. The number of ether oxygens (including phenoxy) is 2. The standard InChI is InChI=1S/C9H13NO3/c1-12-7-4-3-6(5-10)8(11)9(7)13-2/h3-4,11H,5,10H2,1-2H3. The Morgan fingerprint density at radius 2 is 2.00 bits per heavy atom. The molecule has 0 saturated carbocycles. The molecule has 0 heterocycles. The average molecular weight is 183 g/mol. The largest absolute Gasteiger partial charge is 0.504 e. The molecule has 1 aromatic carbocycles. The van der Waals surface area contributed by atoms with E-state index in [0.29, 0.717) is 17.1 Å². The van der Waals surface area contributed by atoms with Crippen molar-refractivity contribution in [1.29, 1.82) is 0 Å². The van der Waals surface area contributed by atoms with Crippen LogP contribution in [-0.2, 0) is 6.54 Å². The van der Waals surface area contributed by atoms with Gasteiger partial charge in [0.2, 0.25) is 5.75 Å². The van der Waals surface area contributed by atoms with Gasteiger partial charge in [0.05, 0.1) is 14.2 Å². The smallest absolute Gasteiger partial charge is 0.203 e. The van der Waals surface area contributed by atoms with Crippen LogP contribution in [0.25, 0.3) is 0 Å². The van der Waals surface area contributed by atoms with E-state index in [1.807, 2.05) is 0 Å². The van der Waals surface area contributed by atoms with Crippen LogP contribution in [0.5, 0.6) is 17.2 Å². The molecule has 0 aromatic heterocycles. The number of hydrogen-bond donors (Lipinski definition) is 2. The molecule has 0 unspecified atom stereocenters. The quantitative estimate of drug-likeness (QED) is 0.729. The Morgan fingerprint density at radius 1 is 1.31 bits per heavy atom. The van der Waals surface area contributed by atoms with Crippen molar-refractivity contribution < 1.29 is 14.6 Å². The number of hydrogen-bond acceptors (Lipinski definition) is 4. The predicted molar refractivity (Wildman–Crippen MR) is 49.1 cm³/mol. The van der Waals surface area contributed by atoms with Gasteiger partial charge in [-0.05, 0) is 6.07 Å². The highest BCUT2D eigenvalue weighted by molar-refractivity contribution is 5.54. The number of benzene rings is 1. The van der Waals surface area contributed by atoms with Crippen LogP contribution in [-0.4, -0.2) is 19.3 Å². The monoisotopic (exact) mass is 183 g/mol. The van der Waals surface area contributed by atoms with Gasteiger partial charge < -0.3 is 20.3 Å². The van der Waals surface area contributed by atoms with E-state index in [1.54, 1.807) is 12.1 Å². The van der Waals surface area contributed by atoms with E-state index in [2.05, 4.69) is 0 Å². The third-order valence-corrected chi connectivity index (χ3v) is 1.82. The van der Waals surface area contributed by atoms with Gasteiger partial charge in [0, 0.05) is 12.1 Å². The first kappa shape index (κ1) is 9.67. The second kappa shape index (κ2) is 4.00. The zero-order valence-electron chi connectivity index (χ0n) is 7.70. The van der Waals surface area contributed by atoms with Crippen molar-refractivity contribution in [2.45, 2.75) is 6.54 Å². The molecule has 0 spiro atoms. The molecule has 0 radical (unpaired) electrons. The fraction of sp³-hybridized carbons (Fsp3) is 0.333. The Hall–Kier alpha value is -1.42. The lowest BCUT2D eigenvalue weighted by Gasteiger charge is -2.11. The first-order valence-electron chi connectivity index (χ1n) is 3.87. The molecule has 3 N–H and O–H groups in total. The molecule has 0 amide bonds. The Balaban J connectivity index is 3.23. The summed E-state index contributed by atoms with van der Waals surface area (Å²) in [5.41, 5.74) is 6.05. The maximum Gasteiger partial charge on any atom is 0.203 e. The molecule has 0 bridgehead atoms. The third kappa shape index (κ3) is 1.67. The van der Waals surface area contributed by atoms with E-state index in [4.69, 9.17) is 15.2 Å². The van der Waals surface area contributed by atoms with Gasteiger partial charge in [0.1, 0.15) is 0 Å². The molecule has 1 aromatic rings. The zero-order chi connectivity index (χ0) is 9.84. The van der Waals surface area contributed by atoms with E-state index in [0.717, 1.165) is 0 Å². The van der Waals surface area contributed by atoms with Gasteiger partial charge in [-0.1, -0.05) is 6.07 Å². The van der Waals surface area contributed by atoms with E-state index in [-0.39, 0.29) is 12.3 Å². The lowest BCUT2D eigenvalue weighted by Crippen LogP contribution is -1.99. The number of rotatable bonds is 3. The van der Waals surface area contributed by atoms with Crippen molar-refractivity contribution >= 4 is 0 Å². The molecular weight excluding hydrogens is 170 g/mol. The van der Waals surface area contributed by atoms with Gasteiger partial charge in [-0.15, -0.1) is 0 Å². The van der Waals surface area contributed by atoms with Gasteiger partial charge in [-0.25, -0.2) is 0 Å². The molecule has 13 heavy (non-hydrogen) atoms. The third-order valence-electron chi connectivity index (χ3n) is 1.82. The van der Waals surface area contributed by atoms with Gasteiger partial charge >= 0.3 is 0 Å². The normalized spacial score (nSPS) is 9.77. The minimum Gasteiger partial charge on any atom is -0.504 e. The number of nitrogens with two attached hydrogens (primary N) is 1. The average Bonchev–Trinajstić information content (AvgIpc) is 2.17. The summed E-state index contributed by atoms with van der Waals surface area (Å²) in [6, 6.07) is 3.41. The maximum absolute atomic E-state index is 9.62. The van der Waals surface area contributed by atoms with Crippen LogP contribution in [0.4, 0.5) is 0 Å². The number of methoxy groups -OCH3 is 2. The van der Waals surface area contributed by atoms with Crippen LogP contribution in [0.15, 0.2) is 12.1 Å². The molecule has 0 atom stereocenters. The molecule has 1 rings (SSSR count). The van der Waals surface area contributed by atoms with E-state index < -0.39 is 0 Å². The summed E-state index contributed by atoms with van der Waals surface area (Å²) in [7, 11) is 2.98. The summed E-state index contributed by atoms with van der Waals surface area (Å²) in [5.74, 6) is 0.868. The van der Waals surface area contributed by atoms with Crippen LogP contribution in [0.3, 0.4) is 0 Å². The lowest BCUT2D eigenvalue weighted by atomic mass is 10.1. The molecule has 0 aliphatic heterocycles. The highest BCUT2D eigenvalue weighted by Crippen LogP contribution is 2.38. The van der Waals surface area contributed by atoms with Crippen LogP contribution in [0, 0.1) is 0 Å². The zero-order valence-corrected chi connectivity index (χ0v) is 7.70. The summed E-state index contributed by atoms with van der Waals surface area (Å²) < 4.78 is 9.97. The van der Waals surface area contributed by atoms with E-state index in [1.165, 1.54) is 14.2 Å². The summed E-state index contributed by atoms with van der Waals surface area (Å²) in [4.78, 5) is 0. The van der Waals surface area contributed by atoms with Crippen molar-refractivity contribution in [3.63, 3.8) is 0 Å². The van der Waals surface area contributed by atoms with Crippen LogP contribution >= 0.6 is 0 Å². The fourth-order valence-electron chi connectivity index (χ4n) is 1.12. The molecule has 0 saturated heterocycles. The Bertz CT molecular complexity index is 299. The minimum absolute atomic E-state index is 0.0457. The Morgan fingerprint density at radius 3 is 2.46 bits per heavy atom. The topological polar surface area (TPSA) is 64.7 Å². The molecule has 0 aliphatic rings. The van der Waals surface area contributed by atoms with Crippen LogP contribution in [0.1, 0.15) is 5.56 Å². The Labute approximate surface area is 76.9 Å². The molecule has 0 fully saturated rings. The van der Waals surface area contributed by atoms with E-state index >= 15 is 0 Å². The first-order chi connectivity index (χ1) is 6.24. The summed E-state index contributed by atoms with van der Waals surface area (Å²) in [6.07, 6.45) is 0. The highest BCUT2D eigenvalue weighted by Gasteiger charge is 2.12. The van der Waals surface area contributed by atoms with Crippen LogP contribution < -0.4 is 15.2 Å². The molecule has 4 heteroatoms. The summed E-state index contributed by atoms with van der Waals surface area (Å²) in [5, 5.41) is 9.62. The predicted octanol–water partition coefficient (Wildman–Crippen LogP) is 0.868. The SMILES string of the molecule is COc1ccc(CN)c(O)c1OC. The van der Waals surface area contributed by atoms with Crippen molar-refractivity contribution in [3.05, 3.63) is 17.7 Å². The number of phenols is 1. The van der Waals surface area contributed by atoms with Crippen molar-refractivity contribution in [3.8, 4) is 17.2 Å². The number of aromatic hydroxyl groups is 1. The van der Waals surface area contributed by atoms with Gasteiger partial charge in [0.25, 0.3) is 0 Å². The number of phenolic OH excluding ortho intramolecular Hbond substituents is 1. The van der Waals surface area contributed by atoms with Crippen molar-refractivity contribution in [1.82, 2.24) is 0 Å². The van der Waals surface area contributed by atoms with Crippen molar-refractivity contribution in [2.24, 2.45) is 5.73 Å². The maximum atomic E-state index is 9.62. The fourth-order valence-corrected chi connectivity index (χ4v) is 1.12. The summed E-state index contributed by atoms with van der Waals surface area (Å²) in [6.45, 7) is 0.270. The second-order valence-electron chi connectivity index (χ2n) is 2.51. The highest BCUT2D eigenvalue weighted by atomic mass is 16.5. The van der Waals surface area contributed by atoms with Gasteiger partial charge in [0.15, 0.2) is 11.5 Å². The lowest BCUT2D eigenvalue weighted by molar-refractivity contribution is 0.331. The van der Waals surface area contributed by atoms with Crippen molar-refractivity contribution in [2.75, 3.05) is 14.2 Å². The summed E-state index contributed by atoms with van der Waals surface area (Å²) >= 11 is 0. The van der Waals surface area contributed by atoms with Gasteiger partial charge in [-0.3, -0.25) is 0 Å². The van der Waals surface area contributed by atoms with Gasteiger partial charge in [-0.2, -0.15) is 0 Å². The Kier molecular flexibility index (Phi) is 2.97. The molecular formula is C9H13NO3.